The smallest absolute Gasteiger partial charge is 0.278 e. The molecule has 0 aliphatic heterocycles. The topological polar surface area (TPSA) is 110 Å². The number of aryl methyl sites for hydroxylation is 1. The predicted molar refractivity (Wildman–Crippen MR) is 99.7 cm³/mol. The van der Waals surface area contributed by atoms with E-state index in [0.29, 0.717) is 26.2 Å². The van der Waals surface area contributed by atoms with E-state index in [0.717, 1.165) is 0 Å². The fourth-order valence-electron chi connectivity index (χ4n) is 1.95. The molecule has 0 fully saturated rings. The molecule has 2 aromatic rings. The molecular formula is C16H14Br2N4O4. The lowest BCUT2D eigenvalue weighted by atomic mass is 10.1. The Morgan fingerprint density at radius 2 is 2.27 bits per heavy atom. The second kappa shape index (κ2) is 9.47. The number of amides is 1. The van der Waals surface area contributed by atoms with Gasteiger partial charge in [0.1, 0.15) is 17.4 Å². The van der Waals surface area contributed by atoms with E-state index < -0.39 is 5.91 Å². The highest BCUT2D eigenvalue weighted by molar-refractivity contribution is 9.10. The molecule has 8 nitrogen and oxygen atoms in total. The maximum absolute atomic E-state index is 11.8. The molecule has 0 saturated heterocycles. The minimum Gasteiger partial charge on any atom is -0.467 e. The number of hydrazone groups is 1. The molecule has 2 heterocycles. The van der Waals surface area contributed by atoms with Gasteiger partial charge in [-0.05, 0) is 50.9 Å². The van der Waals surface area contributed by atoms with Crippen LogP contribution in [0.4, 0.5) is 0 Å². The second-order valence-corrected chi connectivity index (χ2v) is 6.51. The molecule has 26 heavy (non-hydrogen) atoms. The van der Waals surface area contributed by atoms with Crippen LogP contribution in [0.15, 0.2) is 30.8 Å². The van der Waals surface area contributed by atoms with Crippen molar-refractivity contribution in [2.75, 3.05) is 13.7 Å². The Morgan fingerprint density at radius 3 is 2.88 bits per heavy atom. The zero-order valence-corrected chi connectivity index (χ0v) is 17.0. The molecule has 0 aromatic carbocycles. The fourth-order valence-corrected chi connectivity index (χ4v) is 2.67. The minimum absolute atomic E-state index is 0.0642. The van der Waals surface area contributed by atoms with Gasteiger partial charge in [-0.1, -0.05) is 0 Å². The summed E-state index contributed by atoms with van der Waals surface area (Å²) in [5.41, 5.74) is 3.74. The van der Waals surface area contributed by atoms with E-state index in [1.54, 1.807) is 19.1 Å². The van der Waals surface area contributed by atoms with Crippen molar-refractivity contribution in [1.29, 1.82) is 5.26 Å². The van der Waals surface area contributed by atoms with E-state index in [4.69, 9.17) is 13.9 Å². The molecule has 1 amide bonds. The van der Waals surface area contributed by atoms with Gasteiger partial charge in [0.25, 0.3) is 5.91 Å². The van der Waals surface area contributed by atoms with Crippen LogP contribution in [-0.2, 0) is 16.1 Å². The van der Waals surface area contributed by atoms with Gasteiger partial charge >= 0.3 is 0 Å². The lowest BCUT2D eigenvalue weighted by Crippen LogP contribution is -2.25. The summed E-state index contributed by atoms with van der Waals surface area (Å²) in [6.07, 6.45) is 1.35. The van der Waals surface area contributed by atoms with Crippen LogP contribution in [0.3, 0.4) is 0 Å². The quantitative estimate of drug-likeness (QED) is 0.476. The van der Waals surface area contributed by atoms with Crippen molar-refractivity contribution in [2.24, 2.45) is 5.10 Å². The molecule has 2 aromatic heterocycles. The number of furan rings is 1. The maximum atomic E-state index is 11.8. The van der Waals surface area contributed by atoms with Crippen molar-refractivity contribution in [3.63, 3.8) is 0 Å². The van der Waals surface area contributed by atoms with E-state index in [-0.39, 0.29) is 24.7 Å². The average Bonchev–Trinajstić information content (AvgIpc) is 3.02. The van der Waals surface area contributed by atoms with Crippen LogP contribution < -0.4 is 10.2 Å². The molecule has 0 radical (unpaired) electrons. The molecule has 0 atom stereocenters. The third-order valence-corrected chi connectivity index (χ3v) is 4.56. The number of nitriles is 1. The molecule has 0 unspecified atom stereocenters. The molecule has 2 rings (SSSR count). The van der Waals surface area contributed by atoms with Gasteiger partial charge in [-0.15, -0.1) is 0 Å². The van der Waals surface area contributed by atoms with Crippen LogP contribution in [-0.4, -0.2) is 30.8 Å². The highest BCUT2D eigenvalue weighted by Gasteiger charge is 2.18. The Bertz CT molecular complexity index is 874. The van der Waals surface area contributed by atoms with Gasteiger partial charge in [0.2, 0.25) is 5.88 Å². The number of rotatable bonds is 7. The van der Waals surface area contributed by atoms with Crippen LogP contribution in [0.2, 0.25) is 0 Å². The highest BCUT2D eigenvalue weighted by atomic mass is 79.9. The van der Waals surface area contributed by atoms with Gasteiger partial charge in [0.15, 0.2) is 11.3 Å². The van der Waals surface area contributed by atoms with E-state index in [9.17, 15) is 10.1 Å². The molecule has 0 aliphatic carbocycles. The normalized spacial score (nSPS) is 10.7. The molecule has 0 bridgehead atoms. The van der Waals surface area contributed by atoms with Crippen molar-refractivity contribution in [3.8, 4) is 11.9 Å². The van der Waals surface area contributed by atoms with Crippen LogP contribution in [0.5, 0.6) is 5.88 Å². The molecule has 0 saturated carbocycles. The van der Waals surface area contributed by atoms with E-state index in [2.05, 4.69) is 47.4 Å². The Kier molecular flexibility index (Phi) is 7.32. The number of methoxy groups -OCH3 is 1. The molecule has 136 valence electrons. The van der Waals surface area contributed by atoms with Gasteiger partial charge in [-0.3, -0.25) is 4.79 Å². The van der Waals surface area contributed by atoms with Crippen LogP contribution in [0.25, 0.3) is 0 Å². The van der Waals surface area contributed by atoms with Crippen molar-refractivity contribution >= 4 is 44.0 Å². The van der Waals surface area contributed by atoms with Crippen molar-refractivity contribution in [1.82, 2.24) is 10.4 Å². The predicted octanol–water partition coefficient (Wildman–Crippen LogP) is 3.06. The largest absolute Gasteiger partial charge is 0.467 e. The van der Waals surface area contributed by atoms with Crippen LogP contribution in [0, 0.1) is 18.3 Å². The third kappa shape index (κ3) is 5.14. The molecule has 10 heteroatoms. The summed E-state index contributed by atoms with van der Waals surface area (Å²) in [5.74, 6) is 0.0278. The Labute approximate surface area is 166 Å². The number of hydrogen-bond acceptors (Lipinski definition) is 7. The Morgan fingerprint density at radius 1 is 1.50 bits per heavy atom. The van der Waals surface area contributed by atoms with E-state index >= 15 is 0 Å². The number of nitrogens with zero attached hydrogens (tertiary/aromatic N) is 3. The van der Waals surface area contributed by atoms with Crippen molar-refractivity contribution in [3.05, 3.63) is 43.9 Å². The summed E-state index contributed by atoms with van der Waals surface area (Å²) < 4.78 is 16.9. The molecule has 0 aliphatic rings. The summed E-state index contributed by atoms with van der Waals surface area (Å²) in [7, 11) is 1.52. The third-order valence-electron chi connectivity index (χ3n) is 3.08. The standard InChI is InChI=1S/C16H14Br2N4O4/c1-9-15(18)12(7-24-2)11(5-19)16(21-9)25-8-14(23)22-20-6-10-3-4-13(17)26-10/h3-4,6H,7-8H2,1-2H3,(H,22,23)/b20-6-. The summed E-state index contributed by atoms with van der Waals surface area (Å²) >= 11 is 6.55. The number of carbonyl (C=O) groups excluding carboxylic acids is 1. The van der Waals surface area contributed by atoms with Crippen LogP contribution in [0.1, 0.15) is 22.6 Å². The number of pyridine rings is 1. The number of carbonyl (C=O) groups is 1. The first-order valence-corrected chi connectivity index (χ1v) is 8.83. The zero-order chi connectivity index (χ0) is 19.1. The highest BCUT2D eigenvalue weighted by Crippen LogP contribution is 2.29. The fraction of sp³-hybridized carbons (Fsp3) is 0.250. The van der Waals surface area contributed by atoms with Crippen molar-refractivity contribution in [2.45, 2.75) is 13.5 Å². The summed E-state index contributed by atoms with van der Waals surface area (Å²) in [6.45, 7) is 1.61. The van der Waals surface area contributed by atoms with Gasteiger partial charge in [-0.25, -0.2) is 10.4 Å². The first kappa shape index (κ1) is 20.1. The molecule has 0 spiro atoms. The van der Waals surface area contributed by atoms with E-state index in [1.807, 2.05) is 6.07 Å². The lowest BCUT2D eigenvalue weighted by Gasteiger charge is -2.13. The number of nitrogens with one attached hydrogen (secondary N) is 1. The van der Waals surface area contributed by atoms with Crippen LogP contribution >= 0.6 is 31.9 Å². The van der Waals surface area contributed by atoms with Crippen molar-refractivity contribution < 1.29 is 18.7 Å². The lowest BCUT2D eigenvalue weighted by molar-refractivity contribution is -0.123. The molecule has 1 N–H and O–H groups in total. The van der Waals surface area contributed by atoms with Gasteiger partial charge in [0, 0.05) is 17.1 Å². The monoisotopic (exact) mass is 484 g/mol. The minimum atomic E-state index is -0.508. The first-order chi connectivity index (χ1) is 12.5. The summed E-state index contributed by atoms with van der Waals surface area (Å²) in [4.78, 5) is 16.0. The number of ether oxygens (including phenoxy) is 2. The number of halogens is 2. The summed E-state index contributed by atoms with van der Waals surface area (Å²) in [5, 5.41) is 13.1. The number of hydrogen-bond donors (Lipinski definition) is 1. The zero-order valence-electron chi connectivity index (χ0n) is 13.9. The SMILES string of the molecule is COCc1c(Br)c(C)nc(OCC(=O)N/N=C\c2ccc(Br)o2)c1C#N. The first-order valence-electron chi connectivity index (χ1n) is 7.24. The maximum Gasteiger partial charge on any atom is 0.278 e. The van der Waals surface area contributed by atoms with Gasteiger partial charge < -0.3 is 13.9 Å². The average molecular weight is 486 g/mol. The second-order valence-electron chi connectivity index (χ2n) is 4.94. The Hall–Kier alpha value is -2.22. The van der Waals surface area contributed by atoms with Gasteiger partial charge in [-0.2, -0.15) is 10.4 Å². The van der Waals surface area contributed by atoms with E-state index in [1.165, 1.54) is 13.3 Å². The summed E-state index contributed by atoms with van der Waals surface area (Å²) in [6, 6.07) is 5.42. The Balaban J connectivity index is 2.03. The number of aromatic nitrogens is 1. The molecular weight excluding hydrogens is 472 g/mol. The van der Waals surface area contributed by atoms with Gasteiger partial charge in [0.05, 0.1) is 18.5 Å².